The molecular formula is C11H24N2O3. The van der Waals surface area contributed by atoms with Crippen LogP contribution in [0.1, 0.15) is 32.1 Å². The molecule has 4 N–H and O–H groups in total. The summed E-state index contributed by atoms with van der Waals surface area (Å²) in [4.78, 5) is 11.4. The molecule has 0 aliphatic rings. The van der Waals surface area contributed by atoms with E-state index >= 15 is 0 Å². The molecule has 0 heterocycles. The number of carbonyl (C=O) groups excluding carboxylic acids is 1. The van der Waals surface area contributed by atoms with E-state index in [0.717, 1.165) is 25.7 Å². The van der Waals surface area contributed by atoms with E-state index in [1.165, 1.54) is 0 Å². The molecule has 0 saturated carbocycles. The van der Waals surface area contributed by atoms with Crippen molar-refractivity contribution in [3.05, 3.63) is 0 Å². The maximum Gasteiger partial charge on any atom is 0.220 e. The van der Waals surface area contributed by atoms with Crippen LogP contribution < -0.4 is 11.1 Å². The summed E-state index contributed by atoms with van der Waals surface area (Å²) in [5, 5.41) is 11.7. The summed E-state index contributed by atoms with van der Waals surface area (Å²) in [5.41, 5.74) is 5.37. The molecule has 0 aliphatic heterocycles. The molecule has 0 rings (SSSR count). The Morgan fingerprint density at radius 1 is 1.38 bits per heavy atom. The molecule has 1 atom stereocenters. The normalized spacial score (nSPS) is 12.4. The first-order chi connectivity index (χ1) is 7.74. The fourth-order valence-electron chi connectivity index (χ4n) is 1.42. The Morgan fingerprint density at radius 2 is 2.06 bits per heavy atom. The lowest BCUT2D eigenvalue weighted by Gasteiger charge is -2.14. The third-order valence-corrected chi connectivity index (χ3v) is 2.31. The number of nitrogens with one attached hydrogen (secondary N) is 1. The number of carbonyl (C=O) groups is 1. The zero-order chi connectivity index (χ0) is 12.2. The maximum atomic E-state index is 11.4. The highest BCUT2D eigenvalue weighted by atomic mass is 16.5. The molecule has 0 aliphatic carbocycles. The number of unbranched alkanes of at least 4 members (excludes halogenated alkanes) is 3. The third kappa shape index (κ3) is 8.64. The molecule has 96 valence electrons. The molecule has 0 bridgehead atoms. The van der Waals surface area contributed by atoms with E-state index in [1.54, 1.807) is 7.11 Å². The fraction of sp³-hybridized carbons (Fsp3) is 0.909. The van der Waals surface area contributed by atoms with Gasteiger partial charge in [0.1, 0.15) is 0 Å². The fourth-order valence-corrected chi connectivity index (χ4v) is 1.42. The second-order valence-electron chi connectivity index (χ2n) is 3.86. The topological polar surface area (TPSA) is 84.6 Å². The van der Waals surface area contributed by atoms with Crippen molar-refractivity contribution in [2.45, 2.75) is 38.1 Å². The molecule has 16 heavy (non-hydrogen) atoms. The van der Waals surface area contributed by atoms with Crippen LogP contribution in [0, 0.1) is 0 Å². The Balaban J connectivity index is 3.48. The average Bonchev–Trinajstić information content (AvgIpc) is 2.28. The van der Waals surface area contributed by atoms with Crippen LogP contribution >= 0.6 is 0 Å². The van der Waals surface area contributed by atoms with Gasteiger partial charge in [-0.05, 0) is 19.4 Å². The third-order valence-electron chi connectivity index (χ3n) is 2.31. The van der Waals surface area contributed by atoms with Gasteiger partial charge in [-0.1, -0.05) is 12.8 Å². The zero-order valence-corrected chi connectivity index (χ0v) is 10.1. The summed E-state index contributed by atoms with van der Waals surface area (Å²) in [6.45, 7) is 0.967. The zero-order valence-electron chi connectivity index (χ0n) is 10.1. The number of methoxy groups -OCH3 is 1. The van der Waals surface area contributed by atoms with Crippen molar-refractivity contribution >= 4 is 5.91 Å². The lowest BCUT2D eigenvalue weighted by molar-refractivity contribution is -0.122. The summed E-state index contributed by atoms with van der Waals surface area (Å²) in [6, 6.07) is -0.290. The number of ether oxygens (including phenoxy) is 1. The smallest absolute Gasteiger partial charge is 0.220 e. The summed E-state index contributed by atoms with van der Waals surface area (Å²) < 4.78 is 4.86. The van der Waals surface area contributed by atoms with Crippen LogP contribution in [0.5, 0.6) is 0 Å². The quantitative estimate of drug-likeness (QED) is 0.464. The van der Waals surface area contributed by atoms with Gasteiger partial charge in [-0.3, -0.25) is 4.79 Å². The van der Waals surface area contributed by atoms with Gasteiger partial charge in [0, 0.05) is 13.5 Å². The minimum Gasteiger partial charge on any atom is -0.394 e. The minimum absolute atomic E-state index is 0.0242. The predicted octanol–water partition coefficient (Wildman–Crippen LogP) is 0.0191. The largest absolute Gasteiger partial charge is 0.394 e. The van der Waals surface area contributed by atoms with Gasteiger partial charge in [0.2, 0.25) is 5.91 Å². The van der Waals surface area contributed by atoms with E-state index in [1.807, 2.05) is 0 Å². The van der Waals surface area contributed by atoms with Gasteiger partial charge >= 0.3 is 0 Å². The molecular weight excluding hydrogens is 208 g/mol. The predicted molar refractivity (Wildman–Crippen MR) is 63.0 cm³/mol. The highest BCUT2D eigenvalue weighted by Gasteiger charge is 2.10. The number of hydrogen-bond donors (Lipinski definition) is 3. The van der Waals surface area contributed by atoms with E-state index in [0.29, 0.717) is 19.6 Å². The summed E-state index contributed by atoms with van der Waals surface area (Å²) >= 11 is 0. The lowest BCUT2D eigenvalue weighted by atomic mass is 10.1. The van der Waals surface area contributed by atoms with Crippen molar-refractivity contribution in [2.24, 2.45) is 5.73 Å². The Hall–Kier alpha value is -0.650. The average molecular weight is 232 g/mol. The van der Waals surface area contributed by atoms with Crippen LogP contribution in [0.15, 0.2) is 0 Å². The molecule has 0 radical (unpaired) electrons. The summed E-state index contributed by atoms with van der Waals surface area (Å²) in [7, 11) is 1.54. The van der Waals surface area contributed by atoms with Gasteiger partial charge < -0.3 is 20.9 Å². The van der Waals surface area contributed by atoms with Gasteiger partial charge in [-0.25, -0.2) is 0 Å². The Morgan fingerprint density at radius 3 is 2.62 bits per heavy atom. The van der Waals surface area contributed by atoms with Gasteiger partial charge in [0.25, 0.3) is 0 Å². The van der Waals surface area contributed by atoms with Gasteiger partial charge in [0.15, 0.2) is 0 Å². The van der Waals surface area contributed by atoms with E-state index in [-0.39, 0.29) is 18.6 Å². The first-order valence-corrected chi connectivity index (χ1v) is 5.83. The number of nitrogens with two attached hydrogens (primary N) is 1. The summed E-state index contributed by atoms with van der Waals surface area (Å²) in [5.74, 6) is -0.0242. The van der Waals surface area contributed by atoms with Crippen LogP contribution in [-0.2, 0) is 9.53 Å². The van der Waals surface area contributed by atoms with Crippen LogP contribution in [-0.4, -0.2) is 43.9 Å². The minimum atomic E-state index is -0.290. The SMILES string of the molecule is COCC(CO)NC(=O)CCCCCCN. The van der Waals surface area contributed by atoms with Crippen molar-refractivity contribution in [3.63, 3.8) is 0 Å². The van der Waals surface area contributed by atoms with Crippen molar-refractivity contribution in [1.82, 2.24) is 5.32 Å². The first kappa shape index (κ1) is 15.3. The molecule has 0 aromatic carbocycles. The number of rotatable bonds is 10. The first-order valence-electron chi connectivity index (χ1n) is 5.83. The number of aliphatic hydroxyl groups excluding tert-OH is 1. The van der Waals surface area contributed by atoms with Crippen molar-refractivity contribution < 1.29 is 14.6 Å². The molecule has 0 fully saturated rings. The Kier molecular flexibility index (Phi) is 10.4. The van der Waals surface area contributed by atoms with Crippen LogP contribution in [0.3, 0.4) is 0 Å². The van der Waals surface area contributed by atoms with E-state index in [4.69, 9.17) is 15.6 Å². The summed E-state index contributed by atoms with van der Waals surface area (Å²) in [6.07, 6.45) is 4.50. The maximum absolute atomic E-state index is 11.4. The molecule has 0 aromatic rings. The van der Waals surface area contributed by atoms with Crippen LogP contribution in [0.4, 0.5) is 0 Å². The lowest BCUT2D eigenvalue weighted by Crippen LogP contribution is -2.40. The molecule has 1 unspecified atom stereocenters. The Labute approximate surface area is 97.3 Å². The molecule has 0 saturated heterocycles. The number of aliphatic hydroxyl groups is 1. The number of hydrogen-bond acceptors (Lipinski definition) is 4. The van der Waals surface area contributed by atoms with Gasteiger partial charge in [-0.15, -0.1) is 0 Å². The molecule has 5 heteroatoms. The standard InChI is InChI=1S/C11H24N2O3/c1-16-9-10(8-14)13-11(15)6-4-2-3-5-7-12/h10,14H,2-9,12H2,1H3,(H,13,15). The van der Waals surface area contributed by atoms with E-state index < -0.39 is 0 Å². The van der Waals surface area contributed by atoms with Crippen molar-refractivity contribution in [2.75, 3.05) is 26.9 Å². The van der Waals surface area contributed by atoms with Gasteiger partial charge in [-0.2, -0.15) is 0 Å². The second-order valence-corrected chi connectivity index (χ2v) is 3.86. The van der Waals surface area contributed by atoms with Gasteiger partial charge in [0.05, 0.1) is 19.3 Å². The second kappa shape index (κ2) is 10.9. The molecule has 0 spiro atoms. The highest BCUT2D eigenvalue weighted by molar-refractivity contribution is 5.76. The van der Waals surface area contributed by atoms with Crippen molar-refractivity contribution in [3.8, 4) is 0 Å². The van der Waals surface area contributed by atoms with E-state index in [9.17, 15) is 4.79 Å². The monoisotopic (exact) mass is 232 g/mol. The number of amides is 1. The Bertz CT molecular complexity index is 177. The van der Waals surface area contributed by atoms with E-state index in [2.05, 4.69) is 5.32 Å². The molecule has 1 amide bonds. The molecule has 5 nitrogen and oxygen atoms in total. The van der Waals surface area contributed by atoms with Crippen LogP contribution in [0.25, 0.3) is 0 Å². The van der Waals surface area contributed by atoms with Crippen molar-refractivity contribution in [1.29, 1.82) is 0 Å². The molecule has 0 aromatic heterocycles. The van der Waals surface area contributed by atoms with Crippen LogP contribution in [0.2, 0.25) is 0 Å². The highest BCUT2D eigenvalue weighted by Crippen LogP contribution is 2.02.